The van der Waals surface area contributed by atoms with Crippen LogP contribution < -0.4 is 0 Å². The molecule has 1 aromatic rings. The second-order valence-corrected chi connectivity index (χ2v) is 5.03. The molecule has 0 aromatic carbocycles. The highest BCUT2D eigenvalue weighted by molar-refractivity contribution is 5.06. The quantitative estimate of drug-likeness (QED) is 0.854. The van der Waals surface area contributed by atoms with Gasteiger partial charge in [-0.25, -0.2) is 0 Å². The minimum atomic E-state index is -0.576. The van der Waals surface area contributed by atoms with E-state index >= 15 is 0 Å². The lowest BCUT2D eigenvalue weighted by Crippen LogP contribution is -2.17. The molecular weight excluding hydrogens is 204 g/mol. The molecule has 1 heterocycles. The molecule has 4 nitrogen and oxygen atoms in total. The van der Waals surface area contributed by atoms with Crippen LogP contribution in [-0.4, -0.2) is 15.2 Å². The molecule has 0 bridgehead atoms. The smallest absolute Gasteiger partial charge is 0.232 e. The van der Waals surface area contributed by atoms with Crippen LogP contribution in [0.2, 0.25) is 0 Å². The van der Waals surface area contributed by atoms with Crippen LogP contribution in [0.15, 0.2) is 4.52 Å². The van der Waals surface area contributed by atoms with Crippen molar-refractivity contribution in [3.63, 3.8) is 0 Å². The Balaban J connectivity index is 2.12. The normalized spacial score (nSPS) is 21.2. The Morgan fingerprint density at radius 2 is 2.12 bits per heavy atom. The fraction of sp³-hybridized carbons (Fsp3) is 0.833. The van der Waals surface area contributed by atoms with Crippen LogP contribution in [0.4, 0.5) is 0 Å². The van der Waals surface area contributed by atoms with Gasteiger partial charge in [0.25, 0.3) is 0 Å². The molecule has 1 aliphatic rings. The fourth-order valence-corrected chi connectivity index (χ4v) is 2.39. The maximum atomic E-state index is 9.78. The summed E-state index contributed by atoms with van der Waals surface area (Å²) in [4.78, 5) is 4.35. The summed E-state index contributed by atoms with van der Waals surface area (Å²) < 4.78 is 5.30. The van der Waals surface area contributed by atoms with Crippen molar-refractivity contribution in [3.05, 3.63) is 11.7 Å². The Morgan fingerprint density at radius 3 is 2.75 bits per heavy atom. The summed E-state index contributed by atoms with van der Waals surface area (Å²) in [6.45, 7) is 4.20. The first kappa shape index (κ1) is 11.6. The summed E-state index contributed by atoms with van der Waals surface area (Å²) in [7, 11) is 0. The van der Waals surface area contributed by atoms with Gasteiger partial charge in [-0.15, -0.1) is 0 Å². The van der Waals surface area contributed by atoms with Crippen LogP contribution in [0.1, 0.15) is 70.2 Å². The molecule has 16 heavy (non-hydrogen) atoms. The third-order valence-corrected chi connectivity index (χ3v) is 3.53. The maximum absolute atomic E-state index is 9.78. The molecule has 1 fully saturated rings. The van der Waals surface area contributed by atoms with Crippen molar-refractivity contribution in [2.24, 2.45) is 0 Å². The van der Waals surface area contributed by atoms with E-state index in [9.17, 15) is 5.11 Å². The van der Waals surface area contributed by atoms with E-state index in [-0.39, 0.29) is 5.41 Å². The molecule has 90 valence electrons. The Labute approximate surface area is 96.1 Å². The zero-order valence-electron chi connectivity index (χ0n) is 10.1. The van der Waals surface area contributed by atoms with Crippen molar-refractivity contribution in [2.45, 2.75) is 63.9 Å². The molecular formula is C12H20N2O2. The highest BCUT2D eigenvalue weighted by Crippen LogP contribution is 2.39. The predicted octanol–water partition coefficient (Wildman–Crippen LogP) is 2.73. The number of hydrogen-bond donors (Lipinski definition) is 1. The zero-order chi connectivity index (χ0) is 11.6. The van der Waals surface area contributed by atoms with E-state index in [1.54, 1.807) is 0 Å². The van der Waals surface area contributed by atoms with E-state index < -0.39 is 6.10 Å². The third-order valence-electron chi connectivity index (χ3n) is 3.53. The highest BCUT2D eigenvalue weighted by Gasteiger charge is 2.36. The van der Waals surface area contributed by atoms with Gasteiger partial charge >= 0.3 is 0 Å². The molecule has 1 aliphatic carbocycles. The van der Waals surface area contributed by atoms with E-state index in [1.165, 1.54) is 12.8 Å². The lowest BCUT2D eigenvalue weighted by molar-refractivity contribution is 0.152. The van der Waals surface area contributed by atoms with Crippen LogP contribution in [-0.2, 0) is 5.41 Å². The summed E-state index contributed by atoms with van der Waals surface area (Å²) in [5, 5.41) is 13.7. The molecule has 1 atom stereocenters. The lowest BCUT2D eigenvalue weighted by atomic mass is 9.89. The van der Waals surface area contributed by atoms with Crippen molar-refractivity contribution in [1.82, 2.24) is 10.1 Å². The van der Waals surface area contributed by atoms with Gasteiger partial charge in [0.15, 0.2) is 5.82 Å². The van der Waals surface area contributed by atoms with Crippen molar-refractivity contribution in [1.29, 1.82) is 0 Å². The summed E-state index contributed by atoms with van der Waals surface area (Å²) in [6.07, 6.45) is 5.71. The minimum absolute atomic E-state index is 0.0389. The van der Waals surface area contributed by atoms with Gasteiger partial charge in [0.1, 0.15) is 6.10 Å². The zero-order valence-corrected chi connectivity index (χ0v) is 10.1. The molecule has 4 heteroatoms. The topological polar surface area (TPSA) is 59.2 Å². The molecule has 1 N–H and O–H groups in total. The SMILES string of the molecule is CCCC(O)c1noc(C2(C)CCCC2)n1. The van der Waals surface area contributed by atoms with Gasteiger partial charge in [-0.05, 0) is 19.3 Å². The van der Waals surface area contributed by atoms with Crippen LogP contribution in [0.3, 0.4) is 0 Å². The monoisotopic (exact) mass is 224 g/mol. The van der Waals surface area contributed by atoms with Gasteiger partial charge in [-0.1, -0.05) is 38.3 Å². The van der Waals surface area contributed by atoms with E-state index in [4.69, 9.17) is 4.52 Å². The Kier molecular flexibility index (Phi) is 3.28. The molecule has 2 rings (SSSR count). The first-order valence-corrected chi connectivity index (χ1v) is 6.18. The number of hydrogen-bond acceptors (Lipinski definition) is 4. The molecule has 0 radical (unpaired) electrons. The van der Waals surface area contributed by atoms with E-state index in [2.05, 4.69) is 17.1 Å². The molecule has 0 saturated heterocycles. The van der Waals surface area contributed by atoms with E-state index in [1.807, 2.05) is 6.92 Å². The van der Waals surface area contributed by atoms with Crippen molar-refractivity contribution in [2.75, 3.05) is 0 Å². The molecule has 1 saturated carbocycles. The Hall–Kier alpha value is -0.900. The molecule has 0 amide bonds. The van der Waals surface area contributed by atoms with Crippen LogP contribution in [0, 0.1) is 0 Å². The van der Waals surface area contributed by atoms with Crippen molar-refractivity contribution < 1.29 is 9.63 Å². The summed E-state index contributed by atoms with van der Waals surface area (Å²) in [5.74, 6) is 1.15. The standard InChI is InChI=1S/C12H20N2O2/c1-3-6-9(15)10-13-11(16-14-10)12(2)7-4-5-8-12/h9,15H,3-8H2,1-2H3. The van der Waals surface area contributed by atoms with Gasteiger partial charge in [-0.3, -0.25) is 0 Å². The average molecular weight is 224 g/mol. The second kappa shape index (κ2) is 4.53. The molecule has 0 aliphatic heterocycles. The molecule has 1 aromatic heterocycles. The number of nitrogens with zero attached hydrogens (tertiary/aromatic N) is 2. The summed E-state index contributed by atoms with van der Waals surface area (Å²) in [5.41, 5.74) is 0.0389. The summed E-state index contributed by atoms with van der Waals surface area (Å²) >= 11 is 0. The van der Waals surface area contributed by atoms with Crippen molar-refractivity contribution >= 4 is 0 Å². The lowest BCUT2D eigenvalue weighted by Gasteiger charge is -2.16. The number of rotatable bonds is 4. The van der Waals surface area contributed by atoms with Gasteiger partial charge < -0.3 is 9.63 Å². The average Bonchev–Trinajstić information content (AvgIpc) is 2.86. The number of aromatic nitrogens is 2. The first-order valence-electron chi connectivity index (χ1n) is 6.18. The van der Waals surface area contributed by atoms with E-state index in [0.717, 1.165) is 19.3 Å². The van der Waals surface area contributed by atoms with Crippen LogP contribution in [0.25, 0.3) is 0 Å². The second-order valence-electron chi connectivity index (χ2n) is 5.03. The van der Waals surface area contributed by atoms with Gasteiger partial charge in [0.05, 0.1) is 0 Å². The first-order chi connectivity index (χ1) is 7.65. The van der Waals surface area contributed by atoms with Gasteiger partial charge in [0.2, 0.25) is 5.89 Å². The summed E-state index contributed by atoms with van der Waals surface area (Å²) in [6, 6.07) is 0. The van der Waals surface area contributed by atoms with E-state index in [0.29, 0.717) is 18.1 Å². The number of aliphatic hydroxyl groups is 1. The molecule has 1 unspecified atom stereocenters. The van der Waals surface area contributed by atoms with Crippen LogP contribution >= 0.6 is 0 Å². The number of aliphatic hydroxyl groups excluding tert-OH is 1. The maximum Gasteiger partial charge on any atom is 0.232 e. The van der Waals surface area contributed by atoms with Gasteiger partial charge in [0, 0.05) is 5.41 Å². The third kappa shape index (κ3) is 2.12. The Morgan fingerprint density at radius 1 is 1.44 bits per heavy atom. The predicted molar refractivity (Wildman–Crippen MR) is 60.0 cm³/mol. The Bertz CT molecular complexity index is 343. The minimum Gasteiger partial charge on any atom is -0.385 e. The highest BCUT2D eigenvalue weighted by atomic mass is 16.5. The fourth-order valence-electron chi connectivity index (χ4n) is 2.39. The largest absolute Gasteiger partial charge is 0.385 e. The molecule has 0 spiro atoms. The van der Waals surface area contributed by atoms with Gasteiger partial charge in [-0.2, -0.15) is 4.98 Å². The van der Waals surface area contributed by atoms with Crippen molar-refractivity contribution in [3.8, 4) is 0 Å². The van der Waals surface area contributed by atoms with Crippen LogP contribution in [0.5, 0.6) is 0 Å².